The summed E-state index contributed by atoms with van der Waals surface area (Å²) in [6, 6.07) is 10.2. The van der Waals surface area contributed by atoms with Gasteiger partial charge in [-0.3, -0.25) is 33.6 Å². The summed E-state index contributed by atoms with van der Waals surface area (Å²) >= 11 is 0. The quantitative estimate of drug-likeness (QED) is 0.178. The molecule has 0 bridgehead atoms. The molecular formula is C42H58N8O7. The maximum Gasteiger partial charge on any atom is 0.243 e. The monoisotopic (exact) mass is 786 g/mol. The average Bonchev–Trinajstić information content (AvgIpc) is 3.58. The summed E-state index contributed by atoms with van der Waals surface area (Å²) in [5.41, 5.74) is 2.40. The third-order valence-corrected chi connectivity index (χ3v) is 10.1. The molecule has 0 unspecified atom stereocenters. The maximum atomic E-state index is 14.2. The molecule has 7 amide bonds. The predicted octanol–water partition coefficient (Wildman–Crippen LogP) is 2.07. The van der Waals surface area contributed by atoms with Gasteiger partial charge in [0.05, 0.1) is 0 Å². The van der Waals surface area contributed by atoms with Gasteiger partial charge in [-0.05, 0) is 55.7 Å². The van der Waals surface area contributed by atoms with E-state index < -0.39 is 89.4 Å². The summed E-state index contributed by atoms with van der Waals surface area (Å²) in [6.07, 6.45) is 2.35. The minimum absolute atomic E-state index is 0.0136. The number of amides is 7. The molecule has 7 atom stereocenters. The van der Waals surface area contributed by atoms with Crippen molar-refractivity contribution in [1.29, 1.82) is 0 Å². The lowest BCUT2D eigenvalue weighted by Crippen LogP contribution is -2.61. The lowest BCUT2D eigenvalue weighted by atomic mass is 9.91. The topological polar surface area (TPSA) is 219 Å². The van der Waals surface area contributed by atoms with E-state index in [9.17, 15) is 33.6 Å². The van der Waals surface area contributed by atoms with Crippen molar-refractivity contribution in [3.05, 3.63) is 71.9 Å². The number of carbonyl (C=O) groups is 7. The fraction of sp³-hybridized carbons (Fsp3) is 0.500. The first kappa shape index (κ1) is 44.0. The van der Waals surface area contributed by atoms with Crippen molar-refractivity contribution in [3.63, 3.8) is 0 Å². The normalized spacial score (nSPS) is 24.8. The Morgan fingerprint density at radius 1 is 0.614 bits per heavy atom. The summed E-state index contributed by atoms with van der Waals surface area (Å²) < 4.78 is 0. The maximum absolute atomic E-state index is 14.2. The molecule has 8 N–H and O–H groups in total. The molecule has 15 nitrogen and oxygen atoms in total. The first-order valence-corrected chi connectivity index (χ1v) is 19.7. The minimum atomic E-state index is -1.18. The van der Waals surface area contributed by atoms with E-state index in [1.807, 2.05) is 68.4 Å². The van der Waals surface area contributed by atoms with Gasteiger partial charge in [0.1, 0.15) is 36.3 Å². The number of hydrogen-bond donors (Lipinski definition) is 8. The zero-order valence-corrected chi connectivity index (χ0v) is 33.9. The second-order valence-corrected chi connectivity index (χ2v) is 15.6. The van der Waals surface area contributed by atoms with E-state index in [1.54, 1.807) is 27.0 Å². The molecule has 1 saturated heterocycles. The standard InChI is InChI=1S/C42H58N8O7/c1-23(2)20-32-40(55)46-27(7)37(52)47-33(21-29-22-44-31-17-12-11-16-30(29)31)39(54)43-19-13-18-34(51)45-26(6)38(53)49-35(24(3)4)41(56)50-36(42(57)48-32)25(5)28-14-9-8-10-15-28/h8-12,14-17,22-27,32-33,35-36,44H,13,18-21H2,1-7H3,(H,43,54)(H,45,51)(H,46,55)(H,47,52)(H,48,57)(H,49,53)(H,50,56)/t25-,26+,27+,32+,33+,35+,36+/m1/s1. The molecule has 0 radical (unpaired) electrons. The Hall–Kier alpha value is -5.73. The number of H-pyrrole nitrogens is 1. The van der Waals surface area contributed by atoms with Gasteiger partial charge in [0.2, 0.25) is 41.4 Å². The zero-order chi connectivity index (χ0) is 41.8. The van der Waals surface area contributed by atoms with Crippen LogP contribution >= 0.6 is 0 Å². The molecule has 0 aliphatic carbocycles. The molecule has 1 aliphatic heterocycles. The SMILES string of the molecule is CC(C)C[C@@H]1NC(=O)[C@H]([C@H](C)c2ccccc2)NC(=O)[C@H](C(C)C)NC(=O)[C@H](C)NC(=O)CCCNC(=O)[C@H](Cc2c[nH]c3ccccc23)NC(=O)[C@H](C)NC1=O. The van der Waals surface area contributed by atoms with Gasteiger partial charge in [0.15, 0.2) is 0 Å². The first-order valence-electron chi connectivity index (χ1n) is 19.7. The lowest BCUT2D eigenvalue weighted by molar-refractivity contribution is -0.136. The van der Waals surface area contributed by atoms with Gasteiger partial charge < -0.3 is 42.2 Å². The molecule has 2 heterocycles. The van der Waals surface area contributed by atoms with Crippen molar-refractivity contribution in [1.82, 2.24) is 42.2 Å². The predicted molar refractivity (Wildman–Crippen MR) is 216 cm³/mol. The van der Waals surface area contributed by atoms with Crippen LogP contribution < -0.4 is 37.2 Å². The number of aromatic amines is 1. The van der Waals surface area contributed by atoms with Crippen molar-refractivity contribution in [2.45, 2.75) is 116 Å². The van der Waals surface area contributed by atoms with E-state index in [0.29, 0.717) is 0 Å². The highest BCUT2D eigenvalue weighted by molar-refractivity contribution is 5.97. The third-order valence-electron chi connectivity index (χ3n) is 10.1. The van der Waals surface area contributed by atoms with Crippen LogP contribution in [0.2, 0.25) is 0 Å². The van der Waals surface area contributed by atoms with E-state index in [4.69, 9.17) is 0 Å². The van der Waals surface area contributed by atoms with Crippen molar-refractivity contribution in [3.8, 4) is 0 Å². The van der Waals surface area contributed by atoms with Crippen molar-refractivity contribution < 1.29 is 33.6 Å². The van der Waals surface area contributed by atoms with Gasteiger partial charge in [0.25, 0.3) is 0 Å². The molecule has 1 aromatic heterocycles. The van der Waals surface area contributed by atoms with Crippen LogP contribution in [0.25, 0.3) is 10.9 Å². The summed E-state index contributed by atoms with van der Waals surface area (Å²) in [6.45, 7) is 12.1. The second kappa shape index (κ2) is 20.4. The van der Waals surface area contributed by atoms with Gasteiger partial charge in [0, 0.05) is 42.4 Å². The molecule has 0 spiro atoms. The van der Waals surface area contributed by atoms with Gasteiger partial charge >= 0.3 is 0 Å². The molecule has 2 aromatic carbocycles. The first-order chi connectivity index (χ1) is 27.0. The Labute approximate surface area is 334 Å². The summed E-state index contributed by atoms with van der Waals surface area (Å²) in [5.74, 6) is -5.05. The molecule has 1 fully saturated rings. The fourth-order valence-corrected chi connectivity index (χ4v) is 6.76. The summed E-state index contributed by atoms with van der Waals surface area (Å²) in [4.78, 5) is 98.6. The lowest BCUT2D eigenvalue weighted by Gasteiger charge is -2.31. The Bertz CT molecular complexity index is 1890. The second-order valence-electron chi connectivity index (χ2n) is 15.6. The molecule has 4 rings (SSSR count). The van der Waals surface area contributed by atoms with Crippen LogP contribution in [0.15, 0.2) is 60.8 Å². The number of nitrogens with one attached hydrogen (secondary N) is 8. The Balaban J connectivity index is 1.66. The van der Waals surface area contributed by atoms with E-state index in [0.717, 1.165) is 22.0 Å². The Morgan fingerprint density at radius 3 is 1.89 bits per heavy atom. The van der Waals surface area contributed by atoms with Crippen LogP contribution in [0.5, 0.6) is 0 Å². The molecule has 308 valence electrons. The van der Waals surface area contributed by atoms with Gasteiger partial charge in [-0.1, -0.05) is 83.1 Å². The Morgan fingerprint density at radius 2 is 1.21 bits per heavy atom. The molecule has 15 heteroatoms. The fourth-order valence-electron chi connectivity index (χ4n) is 6.76. The smallest absolute Gasteiger partial charge is 0.243 e. The molecule has 0 saturated carbocycles. The number of aromatic nitrogens is 1. The van der Waals surface area contributed by atoms with E-state index >= 15 is 0 Å². The van der Waals surface area contributed by atoms with Crippen molar-refractivity contribution in [2.75, 3.05) is 6.54 Å². The van der Waals surface area contributed by atoms with E-state index in [1.165, 1.54) is 13.8 Å². The third kappa shape index (κ3) is 12.4. The van der Waals surface area contributed by atoms with Crippen LogP contribution in [-0.2, 0) is 40.0 Å². The van der Waals surface area contributed by atoms with Crippen LogP contribution in [0.4, 0.5) is 0 Å². The molecule has 1 aliphatic rings. The number of benzene rings is 2. The van der Waals surface area contributed by atoms with Crippen LogP contribution in [0.1, 0.15) is 84.8 Å². The largest absolute Gasteiger partial charge is 0.361 e. The molecule has 57 heavy (non-hydrogen) atoms. The minimum Gasteiger partial charge on any atom is -0.361 e. The van der Waals surface area contributed by atoms with Gasteiger partial charge in [-0.2, -0.15) is 0 Å². The van der Waals surface area contributed by atoms with Crippen molar-refractivity contribution >= 4 is 52.3 Å². The zero-order valence-electron chi connectivity index (χ0n) is 33.9. The van der Waals surface area contributed by atoms with Crippen LogP contribution in [0, 0.1) is 11.8 Å². The van der Waals surface area contributed by atoms with Crippen LogP contribution in [-0.4, -0.2) is 89.1 Å². The number of carbonyl (C=O) groups excluding carboxylic acids is 7. The number of hydrogen-bond acceptors (Lipinski definition) is 7. The van der Waals surface area contributed by atoms with Gasteiger partial charge in [-0.15, -0.1) is 0 Å². The van der Waals surface area contributed by atoms with Crippen molar-refractivity contribution in [2.24, 2.45) is 11.8 Å². The number of fused-ring (bicyclic) bond motifs is 1. The van der Waals surface area contributed by atoms with E-state index in [2.05, 4.69) is 42.2 Å². The number of rotatable bonds is 7. The highest BCUT2D eigenvalue weighted by Gasteiger charge is 2.36. The molecule has 3 aromatic rings. The Kier molecular flexibility index (Phi) is 15.8. The van der Waals surface area contributed by atoms with Gasteiger partial charge in [-0.25, -0.2) is 0 Å². The van der Waals surface area contributed by atoms with Crippen LogP contribution in [0.3, 0.4) is 0 Å². The average molecular weight is 787 g/mol. The summed E-state index contributed by atoms with van der Waals surface area (Å²) in [5, 5.41) is 20.2. The molecular weight excluding hydrogens is 729 g/mol. The highest BCUT2D eigenvalue weighted by Crippen LogP contribution is 2.22. The summed E-state index contributed by atoms with van der Waals surface area (Å²) in [7, 11) is 0. The van der Waals surface area contributed by atoms with E-state index in [-0.39, 0.29) is 38.1 Å². The highest BCUT2D eigenvalue weighted by atomic mass is 16.2. The number of para-hydroxylation sites is 1.